The Balaban J connectivity index is 2.41. The van der Waals surface area contributed by atoms with Crippen molar-refractivity contribution in [3.8, 4) is 6.07 Å². The third-order valence-electron chi connectivity index (χ3n) is 1.78. The van der Waals surface area contributed by atoms with Crippen molar-refractivity contribution in [1.29, 1.82) is 5.26 Å². The van der Waals surface area contributed by atoms with Crippen LogP contribution in [0.2, 0.25) is 0 Å². The van der Waals surface area contributed by atoms with Gasteiger partial charge in [-0.25, -0.2) is 0 Å². The monoisotopic (exact) mass is 178 g/mol. The standard InChI is InChI=1S/C9H14N4/c1-7(2)3-4-11-9-8(5-10)6-12-13-9/h6-7H,3-4H2,1-2H3,(H2,11,12,13). The second-order valence-corrected chi connectivity index (χ2v) is 3.38. The van der Waals surface area contributed by atoms with Crippen molar-refractivity contribution in [2.45, 2.75) is 20.3 Å². The van der Waals surface area contributed by atoms with Crippen molar-refractivity contribution in [2.24, 2.45) is 5.92 Å². The van der Waals surface area contributed by atoms with Gasteiger partial charge in [0.15, 0.2) is 0 Å². The highest BCUT2D eigenvalue weighted by molar-refractivity contribution is 5.49. The van der Waals surface area contributed by atoms with Crippen LogP contribution in [0, 0.1) is 17.2 Å². The Morgan fingerprint density at radius 1 is 1.69 bits per heavy atom. The van der Waals surface area contributed by atoms with Crippen LogP contribution in [0.1, 0.15) is 25.8 Å². The quantitative estimate of drug-likeness (QED) is 0.738. The van der Waals surface area contributed by atoms with Gasteiger partial charge < -0.3 is 5.32 Å². The van der Waals surface area contributed by atoms with E-state index in [1.165, 1.54) is 6.20 Å². The summed E-state index contributed by atoms with van der Waals surface area (Å²) in [6, 6.07) is 2.06. The molecule has 1 aromatic heterocycles. The lowest BCUT2D eigenvalue weighted by molar-refractivity contribution is 0.606. The molecule has 0 aliphatic carbocycles. The fourth-order valence-corrected chi connectivity index (χ4v) is 0.992. The molecule has 2 N–H and O–H groups in total. The smallest absolute Gasteiger partial charge is 0.139 e. The van der Waals surface area contributed by atoms with E-state index in [2.05, 4.69) is 35.4 Å². The molecule has 1 aromatic rings. The van der Waals surface area contributed by atoms with E-state index in [0.29, 0.717) is 11.5 Å². The summed E-state index contributed by atoms with van der Waals surface area (Å²) >= 11 is 0. The zero-order valence-electron chi connectivity index (χ0n) is 7.96. The number of hydrogen-bond donors (Lipinski definition) is 2. The SMILES string of the molecule is CC(C)CCNc1[nH]ncc1C#N. The van der Waals surface area contributed by atoms with Crippen LogP contribution in [0.5, 0.6) is 0 Å². The van der Waals surface area contributed by atoms with Gasteiger partial charge in [0.25, 0.3) is 0 Å². The van der Waals surface area contributed by atoms with E-state index in [-0.39, 0.29) is 0 Å². The number of nitrogens with one attached hydrogen (secondary N) is 2. The van der Waals surface area contributed by atoms with Gasteiger partial charge in [-0.05, 0) is 12.3 Å². The normalized spacial score (nSPS) is 10.0. The lowest BCUT2D eigenvalue weighted by atomic mass is 10.1. The number of rotatable bonds is 4. The van der Waals surface area contributed by atoms with Gasteiger partial charge >= 0.3 is 0 Å². The van der Waals surface area contributed by atoms with Crippen molar-refractivity contribution < 1.29 is 0 Å². The van der Waals surface area contributed by atoms with E-state index in [9.17, 15) is 0 Å². The summed E-state index contributed by atoms with van der Waals surface area (Å²) in [5, 5.41) is 18.3. The fourth-order valence-electron chi connectivity index (χ4n) is 0.992. The van der Waals surface area contributed by atoms with E-state index in [1.54, 1.807) is 0 Å². The summed E-state index contributed by atoms with van der Waals surface area (Å²) < 4.78 is 0. The van der Waals surface area contributed by atoms with Gasteiger partial charge in [-0.3, -0.25) is 5.10 Å². The second kappa shape index (κ2) is 4.51. The van der Waals surface area contributed by atoms with E-state index < -0.39 is 0 Å². The van der Waals surface area contributed by atoms with Crippen molar-refractivity contribution in [3.63, 3.8) is 0 Å². The van der Waals surface area contributed by atoms with Crippen LogP contribution < -0.4 is 5.32 Å². The Morgan fingerprint density at radius 2 is 2.46 bits per heavy atom. The lowest BCUT2D eigenvalue weighted by Gasteiger charge is -2.05. The Bertz CT molecular complexity index is 295. The number of nitrogens with zero attached hydrogens (tertiary/aromatic N) is 2. The molecule has 4 nitrogen and oxygen atoms in total. The number of anilines is 1. The Hall–Kier alpha value is -1.50. The van der Waals surface area contributed by atoms with Gasteiger partial charge in [0.2, 0.25) is 0 Å². The highest BCUT2D eigenvalue weighted by Crippen LogP contribution is 2.09. The molecule has 0 atom stereocenters. The maximum absolute atomic E-state index is 8.67. The average Bonchev–Trinajstić information content (AvgIpc) is 2.51. The molecule has 70 valence electrons. The highest BCUT2D eigenvalue weighted by atomic mass is 15.2. The summed E-state index contributed by atoms with van der Waals surface area (Å²) in [5.41, 5.74) is 0.573. The van der Waals surface area contributed by atoms with E-state index in [0.717, 1.165) is 18.8 Å². The van der Waals surface area contributed by atoms with Crippen molar-refractivity contribution in [2.75, 3.05) is 11.9 Å². The third kappa shape index (κ3) is 2.79. The maximum atomic E-state index is 8.67. The summed E-state index contributed by atoms with van der Waals surface area (Å²) in [6.45, 7) is 5.20. The second-order valence-electron chi connectivity index (χ2n) is 3.38. The minimum atomic E-state index is 0.573. The van der Waals surface area contributed by atoms with Gasteiger partial charge in [0.1, 0.15) is 17.5 Å². The first kappa shape index (κ1) is 9.59. The molecule has 0 amide bonds. The summed E-state index contributed by atoms with van der Waals surface area (Å²) in [7, 11) is 0. The van der Waals surface area contributed by atoms with Crippen LogP contribution in [-0.4, -0.2) is 16.7 Å². The molecule has 13 heavy (non-hydrogen) atoms. The van der Waals surface area contributed by atoms with Gasteiger partial charge in [0, 0.05) is 6.54 Å². The molecule has 0 saturated heterocycles. The number of aromatic amines is 1. The molecule has 0 fully saturated rings. The zero-order chi connectivity index (χ0) is 9.68. The van der Waals surface area contributed by atoms with Gasteiger partial charge in [-0.15, -0.1) is 0 Å². The fraction of sp³-hybridized carbons (Fsp3) is 0.556. The minimum Gasteiger partial charge on any atom is -0.369 e. The number of nitriles is 1. The van der Waals surface area contributed by atoms with Crippen molar-refractivity contribution in [1.82, 2.24) is 10.2 Å². The van der Waals surface area contributed by atoms with Crippen LogP contribution in [0.3, 0.4) is 0 Å². The Kier molecular flexibility index (Phi) is 3.32. The predicted octanol–water partition coefficient (Wildman–Crippen LogP) is 1.74. The van der Waals surface area contributed by atoms with Crippen molar-refractivity contribution >= 4 is 5.82 Å². The molecule has 0 aromatic carbocycles. The van der Waals surface area contributed by atoms with Gasteiger partial charge in [-0.1, -0.05) is 13.8 Å². The average molecular weight is 178 g/mol. The molecule has 1 rings (SSSR count). The Labute approximate surface area is 78.0 Å². The zero-order valence-corrected chi connectivity index (χ0v) is 7.96. The van der Waals surface area contributed by atoms with Crippen molar-refractivity contribution in [3.05, 3.63) is 11.8 Å². The van der Waals surface area contributed by atoms with Gasteiger partial charge in [-0.2, -0.15) is 10.4 Å². The first-order valence-corrected chi connectivity index (χ1v) is 4.41. The third-order valence-corrected chi connectivity index (χ3v) is 1.78. The molecule has 0 aliphatic rings. The molecule has 0 saturated carbocycles. The lowest BCUT2D eigenvalue weighted by Crippen LogP contribution is -2.05. The van der Waals surface area contributed by atoms with E-state index in [4.69, 9.17) is 5.26 Å². The summed E-state index contributed by atoms with van der Waals surface area (Å²) in [4.78, 5) is 0. The molecule has 0 aliphatic heterocycles. The minimum absolute atomic E-state index is 0.573. The molecule has 4 heteroatoms. The molecule has 0 unspecified atom stereocenters. The maximum Gasteiger partial charge on any atom is 0.139 e. The molecule has 0 radical (unpaired) electrons. The summed E-state index contributed by atoms with van der Waals surface area (Å²) in [5.74, 6) is 1.39. The van der Waals surface area contributed by atoms with Crippen LogP contribution >= 0.6 is 0 Å². The molecular formula is C9H14N4. The number of aromatic nitrogens is 2. The van der Waals surface area contributed by atoms with E-state index >= 15 is 0 Å². The van der Waals surface area contributed by atoms with Crippen LogP contribution in [0.25, 0.3) is 0 Å². The topological polar surface area (TPSA) is 64.5 Å². The predicted molar refractivity (Wildman–Crippen MR) is 51.2 cm³/mol. The van der Waals surface area contributed by atoms with Crippen LogP contribution in [-0.2, 0) is 0 Å². The van der Waals surface area contributed by atoms with Gasteiger partial charge in [0.05, 0.1) is 6.20 Å². The molecule has 1 heterocycles. The largest absolute Gasteiger partial charge is 0.369 e. The van der Waals surface area contributed by atoms with E-state index in [1.807, 2.05) is 0 Å². The Morgan fingerprint density at radius 3 is 3.08 bits per heavy atom. The van der Waals surface area contributed by atoms with Crippen LogP contribution in [0.15, 0.2) is 6.20 Å². The number of hydrogen-bond acceptors (Lipinski definition) is 3. The summed E-state index contributed by atoms with van der Waals surface area (Å²) in [6.07, 6.45) is 2.61. The molecule has 0 spiro atoms. The van der Waals surface area contributed by atoms with Crippen LogP contribution in [0.4, 0.5) is 5.82 Å². The first-order chi connectivity index (χ1) is 6.24. The highest BCUT2D eigenvalue weighted by Gasteiger charge is 2.02. The number of H-pyrrole nitrogens is 1. The first-order valence-electron chi connectivity index (χ1n) is 4.41. The molecular weight excluding hydrogens is 164 g/mol. The molecule has 0 bridgehead atoms.